The first-order valence-electron chi connectivity index (χ1n) is 5.70. The molecule has 18 heavy (non-hydrogen) atoms. The number of rotatable bonds is 6. The highest BCUT2D eigenvalue weighted by atomic mass is 16.5. The summed E-state index contributed by atoms with van der Waals surface area (Å²) in [5, 5.41) is 11.4. The summed E-state index contributed by atoms with van der Waals surface area (Å²) in [4.78, 5) is 21.9. The third kappa shape index (κ3) is 5.34. The SMILES string of the molecule is CC(C)NC(=O)COc1cccc(CC(=O)O)c1. The Morgan fingerprint density at radius 2 is 2.11 bits per heavy atom. The van der Waals surface area contributed by atoms with Crippen molar-refractivity contribution in [3.8, 4) is 5.75 Å². The Hall–Kier alpha value is -2.04. The molecule has 0 heterocycles. The summed E-state index contributed by atoms with van der Waals surface area (Å²) < 4.78 is 5.29. The van der Waals surface area contributed by atoms with E-state index in [0.29, 0.717) is 11.3 Å². The van der Waals surface area contributed by atoms with E-state index in [-0.39, 0.29) is 25.0 Å². The van der Waals surface area contributed by atoms with E-state index in [4.69, 9.17) is 9.84 Å². The lowest BCUT2D eigenvalue weighted by Gasteiger charge is -2.10. The maximum absolute atomic E-state index is 11.4. The van der Waals surface area contributed by atoms with Crippen molar-refractivity contribution in [3.05, 3.63) is 29.8 Å². The lowest BCUT2D eigenvalue weighted by molar-refractivity contribution is -0.136. The number of carboxylic acids is 1. The van der Waals surface area contributed by atoms with E-state index in [1.165, 1.54) is 0 Å². The van der Waals surface area contributed by atoms with Gasteiger partial charge in [-0.15, -0.1) is 0 Å². The molecule has 0 aromatic heterocycles. The molecule has 1 aromatic rings. The van der Waals surface area contributed by atoms with Gasteiger partial charge in [-0.05, 0) is 31.5 Å². The number of carboxylic acid groups (broad SMARTS) is 1. The van der Waals surface area contributed by atoms with Crippen LogP contribution in [0.25, 0.3) is 0 Å². The second-order valence-electron chi connectivity index (χ2n) is 4.23. The van der Waals surface area contributed by atoms with E-state index >= 15 is 0 Å². The number of aliphatic carboxylic acids is 1. The molecule has 1 aromatic carbocycles. The van der Waals surface area contributed by atoms with Crippen LogP contribution >= 0.6 is 0 Å². The van der Waals surface area contributed by atoms with Crippen LogP contribution in [-0.4, -0.2) is 29.6 Å². The van der Waals surface area contributed by atoms with E-state index in [1.807, 2.05) is 13.8 Å². The van der Waals surface area contributed by atoms with Gasteiger partial charge < -0.3 is 15.2 Å². The predicted molar refractivity (Wildman–Crippen MR) is 66.6 cm³/mol. The molecule has 2 N–H and O–H groups in total. The minimum absolute atomic E-state index is 0.0601. The average Bonchev–Trinajstić information content (AvgIpc) is 2.25. The Morgan fingerprint density at radius 1 is 1.39 bits per heavy atom. The molecule has 0 radical (unpaired) electrons. The molecule has 0 aliphatic heterocycles. The largest absolute Gasteiger partial charge is 0.484 e. The van der Waals surface area contributed by atoms with Crippen molar-refractivity contribution in [2.24, 2.45) is 0 Å². The smallest absolute Gasteiger partial charge is 0.307 e. The monoisotopic (exact) mass is 251 g/mol. The predicted octanol–water partition coefficient (Wildman–Crippen LogP) is 1.22. The molecule has 0 saturated carbocycles. The van der Waals surface area contributed by atoms with Gasteiger partial charge in [0.25, 0.3) is 5.91 Å². The molecule has 98 valence electrons. The van der Waals surface area contributed by atoms with Crippen molar-refractivity contribution in [3.63, 3.8) is 0 Å². The zero-order valence-corrected chi connectivity index (χ0v) is 10.5. The zero-order chi connectivity index (χ0) is 13.5. The first-order chi connectivity index (χ1) is 8.47. The number of carbonyl (C=O) groups excluding carboxylic acids is 1. The standard InChI is InChI=1S/C13H17NO4/c1-9(2)14-12(15)8-18-11-5-3-4-10(6-11)7-13(16)17/h3-6,9H,7-8H2,1-2H3,(H,14,15)(H,16,17). The third-order valence-corrected chi connectivity index (χ3v) is 2.07. The number of hydrogen-bond acceptors (Lipinski definition) is 3. The van der Waals surface area contributed by atoms with Crippen molar-refractivity contribution in [1.29, 1.82) is 0 Å². The van der Waals surface area contributed by atoms with Gasteiger partial charge in [0.15, 0.2) is 6.61 Å². The van der Waals surface area contributed by atoms with Crippen LogP contribution in [0.1, 0.15) is 19.4 Å². The summed E-state index contributed by atoms with van der Waals surface area (Å²) in [7, 11) is 0. The normalized spacial score (nSPS) is 10.2. The van der Waals surface area contributed by atoms with Gasteiger partial charge in [0.2, 0.25) is 0 Å². The topological polar surface area (TPSA) is 75.6 Å². The van der Waals surface area contributed by atoms with Gasteiger partial charge >= 0.3 is 5.97 Å². The van der Waals surface area contributed by atoms with Gasteiger partial charge in [-0.2, -0.15) is 0 Å². The number of ether oxygens (including phenoxy) is 1. The minimum Gasteiger partial charge on any atom is -0.484 e. The van der Waals surface area contributed by atoms with Gasteiger partial charge in [0.1, 0.15) is 5.75 Å². The molecule has 0 spiro atoms. The summed E-state index contributed by atoms with van der Waals surface area (Å²) in [6.07, 6.45) is -0.0601. The van der Waals surface area contributed by atoms with E-state index in [2.05, 4.69) is 5.32 Å². The summed E-state index contributed by atoms with van der Waals surface area (Å²) in [6.45, 7) is 3.66. The summed E-state index contributed by atoms with van der Waals surface area (Å²) in [5.41, 5.74) is 0.643. The van der Waals surface area contributed by atoms with Gasteiger partial charge in [0, 0.05) is 6.04 Å². The maximum Gasteiger partial charge on any atom is 0.307 e. The second kappa shape index (κ2) is 6.64. The number of hydrogen-bond donors (Lipinski definition) is 2. The van der Waals surface area contributed by atoms with Crippen molar-refractivity contribution >= 4 is 11.9 Å². The summed E-state index contributed by atoms with van der Waals surface area (Å²) in [5.74, 6) is -0.606. The van der Waals surface area contributed by atoms with Crippen molar-refractivity contribution in [1.82, 2.24) is 5.32 Å². The van der Waals surface area contributed by atoms with Crippen molar-refractivity contribution in [2.75, 3.05) is 6.61 Å². The Morgan fingerprint density at radius 3 is 2.72 bits per heavy atom. The number of nitrogens with one attached hydrogen (secondary N) is 1. The Kier molecular flexibility index (Phi) is 5.17. The second-order valence-corrected chi connectivity index (χ2v) is 4.23. The average molecular weight is 251 g/mol. The van der Waals surface area contributed by atoms with E-state index in [1.54, 1.807) is 24.3 Å². The van der Waals surface area contributed by atoms with Crippen LogP contribution in [0.2, 0.25) is 0 Å². The van der Waals surface area contributed by atoms with Crippen molar-refractivity contribution in [2.45, 2.75) is 26.3 Å². The lowest BCUT2D eigenvalue weighted by atomic mass is 10.1. The van der Waals surface area contributed by atoms with Gasteiger partial charge in [-0.3, -0.25) is 9.59 Å². The molecule has 1 amide bonds. The van der Waals surface area contributed by atoms with E-state index < -0.39 is 5.97 Å². The Bertz CT molecular complexity index is 429. The van der Waals surface area contributed by atoms with Gasteiger partial charge in [0.05, 0.1) is 6.42 Å². The van der Waals surface area contributed by atoms with Crippen LogP contribution < -0.4 is 10.1 Å². The maximum atomic E-state index is 11.4. The Balaban J connectivity index is 2.52. The van der Waals surface area contributed by atoms with Crippen LogP contribution in [-0.2, 0) is 16.0 Å². The fourth-order valence-corrected chi connectivity index (χ4v) is 1.43. The van der Waals surface area contributed by atoms with Crippen LogP contribution in [0.15, 0.2) is 24.3 Å². The molecule has 0 fully saturated rings. The lowest BCUT2D eigenvalue weighted by Crippen LogP contribution is -2.34. The zero-order valence-electron chi connectivity index (χ0n) is 10.5. The highest BCUT2D eigenvalue weighted by Crippen LogP contribution is 2.13. The molecule has 0 aliphatic carbocycles. The van der Waals surface area contributed by atoms with Gasteiger partial charge in [-0.1, -0.05) is 12.1 Å². The number of carbonyl (C=O) groups is 2. The molecule has 0 unspecified atom stereocenters. The fourth-order valence-electron chi connectivity index (χ4n) is 1.43. The molecule has 0 bridgehead atoms. The fraction of sp³-hybridized carbons (Fsp3) is 0.385. The Labute approximate surface area is 106 Å². The molecule has 0 aliphatic rings. The van der Waals surface area contributed by atoms with Crippen LogP contribution in [0.4, 0.5) is 0 Å². The third-order valence-electron chi connectivity index (χ3n) is 2.07. The number of amides is 1. The van der Waals surface area contributed by atoms with Crippen LogP contribution in [0, 0.1) is 0 Å². The molecule has 0 saturated heterocycles. The number of benzene rings is 1. The molecular weight excluding hydrogens is 234 g/mol. The van der Waals surface area contributed by atoms with Crippen LogP contribution in [0.3, 0.4) is 0 Å². The highest BCUT2D eigenvalue weighted by molar-refractivity contribution is 5.77. The van der Waals surface area contributed by atoms with Gasteiger partial charge in [-0.25, -0.2) is 0 Å². The van der Waals surface area contributed by atoms with Crippen LogP contribution in [0.5, 0.6) is 5.75 Å². The minimum atomic E-state index is -0.898. The summed E-state index contributed by atoms with van der Waals surface area (Å²) >= 11 is 0. The quantitative estimate of drug-likeness (QED) is 0.797. The summed E-state index contributed by atoms with van der Waals surface area (Å²) in [6, 6.07) is 6.79. The molecule has 5 nitrogen and oxygen atoms in total. The molecular formula is C13H17NO4. The first-order valence-corrected chi connectivity index (χ1v) is 5.70. The van der Waals surface area contributed by atoms with Crippen molar-refractivity contribution < 1.29 is 19.4 Å². The molecule has 1 rings (SSSR count). The molecule has 5 heteroatoms. The highest BCUT2D eigenvalue weighted by Gasteiger charge is 2.05. The molecule has 0 atom stereocenters. The first kappa shape index (κ1) is 14.0. The van der Waals surface area contributed by atoms with E-state index in [0.717, 1.165) is 0 Å². The van der Waals surface area contributed by atoms with E-state index in [9.17, 15) is 9.59 Å².